The molecule has 310 valence electrons. The minimum absolute atomic E-state index is 0.0317. The minimum atomic E-state index is -1.73. The van der Waals surface area contributed by atoms with Crippen LogP contribution in [0.5, 0.6) is 17.2 Å². The van der Waals surface area contributed by atoms with Crippen molar-refractivity contribution in [2.45, 2.75) is 44.1 Å². The van der Waals surface area contributed by atoms with E-state index >= 15 is 0 Å². The molecule has 7 rings (SSSR count). The van der Waals surface area contributed by atoms with Crippen molar-refractivity contribution < 1.29 is 66.7 Å². The van der Waals surface area contributed by atoms with Crippen LogP contribution in [0, 0.1) is 0 Å². The number of ether oxygens (including phenoxy) is 7. The fourth-order valence-electron chi connectivity index (χ4n) is 6.25. The molecule has 1 fully saturated rings. The fourth-order valence-corrected chi connectivity index (χ4v) is 6.25. The van der Waals surface area contributed by atoms with E-state index in [1.54, 1.807) is 72.8 Å². The summed E-state index contributed by atoms with van der Waals surface area (Å²) in [6.45, 7) is 0.905. The van der Waals surface area contributed by atoms with Crippen molar-refractivity contribution in [2.75, 3.05) is 6.61 Å². The Kier molecular flexibility index (Phi) is 12.8. The third-order valence-electron chi connectivity index (χ3n) is 9.31. The van der Waals surface area contributed by atoms with Crippen molar-refractivity contribution in [1.82, 2.24) is 0 Å². The van der Waals surface area contributed by atoms with Crippen LogP contribution < -0.4 is 15.1 Å². The van der Waals surface area contributed by atoms with Gasteiger partial charge >= 0.3 is 35.5 Å². The molecule has 0 unspecified atom stereocenters. The molecule has 1 aliphatic rings. The third kappa shape index (κ3) is 9.75. The predicted octanol–water partition coefficient (Wildman–Crippen LogP) is 6.45. The Balaban J connectivity index is 1.32. The Bertz CT molecular complexity index is 2580. The van der Waals surface area contributed by atoms with Crippen LogP contribution >= 0.6 is 0 Å². The van der Waals surface area contributed by atoms with Gasteiger partial charge in [-0.25, -0.2) is 24.0 Å². The molecule has 0 amide bonds. The van der Waals surface area contributed by atoms with Gasteiger partial charge in [-0.15, -0.1) is 0 Å². The summed E-state index contributed by atoms with van der Waals surface area (Å²) in [5, 5.41) is 10.8. The molecule has 1 saturated heterocycles. The van der Waals surface area contributed by atoms with Crippen molar-refractivity contribution in [3.8, 4) is 17.2 Å². The molecule has 0 aliphatic carbocycles. The maximum atomic E-state index is 13.9. The van der Waals surface area contributed by atoms with Gasteiger partial charge in [0.2, 0.25) is 12.4 Å². The van der Waals surface area contributed by atoms with Gasteiger partial charge in [0.25, 0.3) is 5.75 Å². The topological polar surface area (TPSA) is 200 Å². The Morgan fingerprint density at radius 3 is 1.59 bits per heavy atom. The second-order valence-electron chi connectivity index (χ2n) is 13.4. The first-order valence-corrected chi connectivity index (χ1v) is 18.9. The molecule has 6 aromatic rings. The number of aromatic hydroxyl groups is 1. The average molecular weight is 829 g/mol. The van der Waals surface area contributed by atoms with E-state index in [-0.39, 0.29) is 45.4 Å². The molecule has 5 atom stereocenters. The van der Waals surface area contributed by atoms with E-state index in [2.05, 4.69) is 0 Å². The van der Waals surface area contributed by atoms with Crippen LogP contribution in [0.25, 0.3) is 11.0 Å². The van der Waals surface area contributed by atoms with Gasteiger partial charge in [0.1, 0.15) is 24.0 Å². The molecule has 2 heterocycles. The highest BCUT2D eigenvalue weighted by Gasteiger charge is 2.54. The maximum Gasteiger partial charge on any atom is 0.383 e. The normalized spacial score (nSPS) is 18.3. The van der Waals surface area contributed by atoms with Crippen molar-refractivity contribution in [1.29, 1.82) is 0 Å². The standard InChI is InChI=1S/C46H36O15/c1-2-35(47)58-38-36(48)32-24-23-31(25-33(32)56-45(38)53)55-46-40(61-44(52)30-21-13-6-14-22-30)39(60-43(51)29-19-11-5-12-20-29)37(59-42(50)28-17-9-4-10-18-28)34(57-46)26-54-41(49)27-15-7-3-8-16-27/h3-25,34,37,39-40,46,48H,2,26H2,1H3/t34-,37-,39+,40-,46-/m1/s1. The molecule has 15 nitrogen and oxygen atoms in total. The number of fused-ring (bicyclic) bond motifs is 1. The van der Waals surface area contributed by atoms with Gasteiger partial charge in [-0.1, -0.05) is 79.7 Å². The highest BCUT2D eigenvalue weighted by molar-refractivity contribution is 5.92. The first-order valence-electron chi connectivity index (χ1n) is 18.9. The summed E-state index contributed by atoms with van der Waals surface area (Å²) in [7, 11) is 0. The summed E-state index contributed by atoms with van der Waals surface area (Å²) in [5.74, 6) is -5.71. The number of carbonyl (C=O) groups is 5. The van der Waals surface area contributed by atoms with Gasteiger partial charge in [0, 0.05) is 12.5 Å². The summed E-state index contributed by atoms with van der Waals surface area (Å²) in [4.78, 5) is 79.5. The molecule has 1 N–H and O–H groups in total. The lowest BCUT2D eigenvalue weighted by Crippen LogP contribution is -2.63. The first-order chi connectivity index (χ1) is 29.6. The summed E-state index contributed by atoms with van der Waals surface area (Å²) < 4.78 is 46.8. The van der Waals surface area contributed by atoms with E-state index in [4.69, 9.17) is 37.6 Å². The van der Waals surface area contributed by atoms with Gasteiger partial charge < -0.3 is 42.7 Å². The van der Waals surface area contributed by atoms with E-state index in [1.807, 2.05) is 0 Å². The lowest BCUT2D eigenvalue weighted by atomic mass is 9.97. The molecule has 0 spiro atoms. The minimum Gasteiger partial charge on any atom is -0.504 e. The van der Waals surface area contributed by atoms with Gasteiger partial charge in [-0.2, -0.15) is 0 Å². The lowest BCUT2D eigenvalue weighted by molar-refractivity contribution is -0.275. The van der Waals surface area contributed by atoms with Crippen molar-refractivity contribution in [3.63, 3.8) is 0 Å². The van der Waals surface area contributed by atoms with Crippen LogP contribution in [0.3, 0.4) is 0 Å². The monoisotopic (exact) mass is 828 g/mol. The van der Waals surface area contributed by atoms with Crippen molar-refractivity contribution >= 4 is 40.8 Å². The number of benzene rings is 5. The van der Waals surface area contributed by atoms with Gasteiger partial charge in [0.05, 0.1) is 27.6 Å². The van der Waals surface area contributed by atoms with E-state index < -0.39 is 84.3 Å². The quantitative estimate of drug-likeness (QED) is 0.0756. The number of carbonyl (C=O) groups excluding carboxylic acids is 5. The maximum absolute atomic E-state index is 13.9. The lowest BCUT2D eigenvalue weighted by Gasteiger charge is -2.44. The fraction of sp³-hybridized carbons (Fsp3) is 0.174. The van der Waals surface area contributed by atoms with Crippen molar-refractivity contribution in [3.05, 3.63) is 172 Å². The summed E-state index contributed by atoms with van der Waals surface area (Å²) in [5.41, 5.74) is -0.884. The van der Waals surface area contributed by atoms with Crippen LogP contribution in [-0.4, -0.2) is 72.3 Å². The van der Waals surface area contributed by atoms with Crippen molar-refractivity contribution in [2.24, 2.45) is 0 Å². The molecule has 0 bridgehead atoms. The van der Waals surface area contributed by atoms with Crippen LogP contribution in [0.15, 0.2) is 149 Å². The Hall–Kier alpha value is -7.78. The second-order valence-corrected chi connectivity index (χ2v) is 13.4. The van der Waals surface area contributed by atoms with Crippen LogP contribution in [-0.2, 0) is 28.5 Å². The molecule has 61 heavy (non-hydrogen) atoms. The highest BCUT2D eigenvalue weighted by Crippen LogP contribution is 2.36. The predicted molar refractivity (Wildman–Crippen MR) is 213 cm³/mol. The Morgan fingerprint density at radius 2 is 1.08 bits per heavy atom. The van der Waals surface area contributed by atoms with E-state index in [1.165, 1.54) is 73.7 Å². The summed E-state index contributed by atoms with van der Waals surface area (Å²) in [6.07, 6.45) is -8.30. The van der Waals surface area contributed by atoms with E-state index in [0.717, 1.165) is 0 Å². The van der Waals surface area contributed by atoms with Crippen LogP contribution in [0.1, 0.15) is 54.8 Å². The second kappa shape index (κ2) is 18.9. The smallest absolute Gasteiger partial charge is 0.383 e. The van der Waals surface area contributed by atoms with E-state index in [0.29, 0.717) is 0 Å². The summed E-state index contributed by atoms with van der Waals surface area (Å²) in [6, 6.07) is 35.5. The van der Waals surface area contributed by atoms with Gasteiger partial charge in [-0.05, 0) is 60.7 Å². The van der Waals surface area contributed by atoms with E-state index in [9.17, 15) is 33.9 Å². The SMILES string of the molecule is CCC(=O)Oc1c(O)c2ccc(O[C@@H]3O[C@H](COC(=O)c4ccccc4)[C@@H](OC(=O)c4ccccc4)[C@H](OC(=O)c4ccccc4)[C@H]3OC(=O)c3ccccc3)cc2oc1=O. The Morgan fingerprint density at radius 1 is 0.607 bits per heavy atom. The molecular weight excluding hydrogens is 792 g/mol. The molecule has 15 heteroatoms. The largest absolute Gasteiger partial charge is 0.504 e. The number of hydrogen-bond acceptors (Lipinski definition) is 15. The highest BCUT2D eigenvalue weighted by atomic mass is 16.7. The van der Waals surface area contributed by atoms with Gasteiger partial charge in [-0.3, -0.25) is 4.79 Å². The first kappa shape index (κ1) is 41.4. The zero-order chi connectivity index (χ0) is 42.9. The number of hydrogen-bond donors (Lipinski definition) is 1. The number of esters is 5. The molecule has 5 aromatic carbocycles. The molecule has 0 saturated carbocycles. The zero-order valence-corrected chi connectivity index (χ0v) is 32.2. The zero-order valence-electron chi connectivity index (χ0n) is 32.2. The molecular formula is C46H36O15. The summed E-state index contributed by atoms with van der Waals surface area (Å²) >= 11 is 0. The third-order valence-corrected chi connectivity index (χ3v) is 9.31. The Labute approximate surface area is 346 Å². The molecule has 1 aromatic heterocycles. The van der Waals surface area contributed by atoms with Crippen LogP contribution in [0.2, 0.25) is 0 Å². The molecule has 1 aliphatic heterocycles. The van der Waals surface area contributed by atoms with Crippen LogP contribution in [0.4, 0.5) is 0 Å². The molecule has 0 radical (unpaired) electrons. The number of rotatable bonds is 13. The average Bonchev–Trinajstić information content (AvgIpc) is 3.29. The van der Waals surface area contributed by atoms with Gasteiger partial charge in [0.15, 0.2) is 18.0 Å².